The third-order valence-corrected chi connectivity index (χ3v) is 5.29. The van der Waals surface area contributed by atoms with Gasteiger partial charge in [-0.05, 0) is 34.1 Å². The van der Waals surface area contributed by atoms with Gasteiger partial charge >= 0.3 is 6.03 Å². The first-order chi connectivity index (χ1) is 13.6. The molecule has 10 heteroatoms. The summed E-state index contributed by atoms with van der Waals surface area (Å²) in [6.07, 6.45) is 0.910. The Labute approximate surface area is 182 Å². The minimum absolute atomic E-state index is 0.0270. The molecule has 0 saturated carbocycles. The molecule has 0 aromatic carbocycles. The summed E-state index contributed by atoms with van der Waals surface area (Å²) in [6.45, 7) is 12.5. The smallest absolute Gasteiger partial charge is 0.317 e. The van der Waals surface area contributed by atoms with Crippen molar-refractivity contribution in [3.63, 3.8) is 0 Å². The molecular formula is C19H31ClN6O2S. The summed E-state index contributed by atoms with van der Waals surface area (Å²) in [5.74, 6) is 0.857. The van der Waals surface area contributed by atoms with Crippen LogP contribution in [-0.4, -0.2) is 70.3 Å². The second-order valence-electron chi connectivity index (χ2n) is 8.14. The lowest BCUT2D eigenvalue weighted by Gasteiger charge is -2.40. The number of thioether (sulfide) groups is 1. The number of piperazine rings is 1. The number of anilines is 1. The monoisotopic (exact) mass is 442 g/mol. The van der Waals surface area contributed by atoms with E-state index in [9.17, 15) is 9.59 Å². The molecule has 0 radical (unpaired) electrons. The van der Waals surface area contributed by atoms with Gasteiger partial charge in [0.05, 0.1) is 5.75 Å². The summed E-state index contributed by atoms with van der Waals surface area (Å²) >= 11 is 7.45. The van der Waals surface area contributed by atoms with Crippen molar-refractivity contribution in [1.82, 2.24) is 25.5 Å². The van der Waals surface area contributed by atoms with E-state index in [1.165, 1.54) is 11.8 Å². The molecule has 8 nitrogen and oxygen atoms in total. The second-order valence-corrected chi connectivity index (χ2v) is 9.47. The van der Waals surface area contributed by atoms with E-state index in [0.29, 0.717) is 42.3 Å². The zero-order valence-electron chi connectivity index (χ0n) is 17.8. The number of nitrogens with one attached hydrogen (secondary N) is 2. The van der Waals surface area contributed by atoms with Gasteiger partial charge in [-0.3, -0.25) is 4.79 Å². The number of halogens is 1. The Bertz CT molecular complexity index is 727. The molecule has 1 saturated heterocycles. The highest BCUT2D eigenvalue weighted by molar-refractivity contribution is 7.99. The van der Waals surface area contributed by atoms with Gasteiger partial charge in [-0.2, -0.15) is 0 Å². The molecule has 0 spiro atoms. The Morgan fingerprint density at radius 3 is 2.66 bits per heavy atom. The predicted molar refractivity (Wildman–Crippen MR) is 118 cm³/mol. The number of hydrogen-bond acceptors (Lipinski definition) is 6. The third kappa shape index (κ3) is 7.54. The lowest BCUT2D eigenvalue weighted by Crippen LogP contribution is -2.56. The third-order valence-electron chi connectivity index (χ3n) is 4.25. The highest BCUT2D eigenvalue weighted by Gasteiger charge is 2.28. The molecule has 1 aliphatic rings. The van der Waals surface area contributed by atoms with Crippen LogP contribution in [0.4, 0.5) is 10.6 Å². The van der Waals surface area contributed by atoms with Gasteiger partial charge < -0.3 is 20.4 Å². The molecule has 3 amide bonds. The van der Waals surface area contributed by atoms with Crippen molar-refractivity contribution in [1.29, 1.82) is 0 Å². The van der Waals surface area contributed by atoms with Crippen LogP contribution in [0, 0.1) is 0 Å². The largest absolute Gasteiger partial charge is 0.353 e. The minimum atomic E-state index is -0.281. The maximum absolute atomic E-state index is 12.3. The van der Waals surface area contributed by atoms with Gasteiger partial charge in [0.15, 0.2) is 5.16 Å². The van der Waals surface area contributed by atoms with E-state index < -0.39 is 0 Å². The van der Waals surface area contributed by atoms with E-state index in [4.69, 9.17) is 11.6 Å². The average molecular weight is 443 g/mol. The van der Waals surface area contributed by atoms with Crippen LogP contribution in [0.1, 0.15) is 41.0 Å². The molecule has 1 atom stereocenters. The van der Waals surface area contributed by atoms with Crippen LogP contribution in [-0.2, 0) is 4.79 Å². The van der Waals surface area contributed by atoms with Crippen molar-refractivity contribution in [3.05, 3.63) is 11.2 Å². The Morgan fingerprint density at radius 1 is 1.31 bits per heavy atom. The topological polar surface area (TPSA) is 90.5 Å². The lowest BCUT2D eigenvalue weighted by atomic mass is 10.1. The first kappa shape index (κ1) is 23.5. The Kier molecular flexibility index (Phi) is 8.39. The van der Waals surface area contributed by atoms with Gasteiger partial charge in [-0.25, -0.2) is 14.8 Å². The van der Waals surface area contributed by atoms with Crippen molar-refractivity contribution in [2.45, 2.75) is 57.8 Å². The highest BCUT2D eigenvalue weighted by Crippen LogP contribution is 2.24. The SMILES string of the molecule is CCCNC(=O)N1CCN(c2cc(Cl)nc(SCC(=O)NC(C)(C)C)n2)CC1C. The van der Waals surface area contributed by atoms with E-state index in [2.05, 4.69) is 25.5 Å². The number of carbonyl (C=O) groups is 2. The van der Waals surface area contributed by atoms with Crippen LogP contribution in [0.15, 0.2) is 11.2 Å². The number of amides is 3. The lowest BCUT2D eigenvalue weighted by molar-refractivity contribution is -0.119. The molecule has 1 aliphatic heterocycles. The average Bonchev–Trinajstić information content (AvgIpc) is 2.62. The maximum Gasteiger partial charge on any atom is 0.317 e. The minimum Gasteiger partial charge on any atom is -0.353 e. The van der Waals surface area contributed by atoms with E-state index >= 15 is 0 Å². The van der Waals surface area contributed by atoms with Crippen LogP contribution in [0.3, 0.4) is 0 Å². The van der Waals surface area contributed by atoms with Crippen LogP contribution >= 0.6 is 23.4 Å². The summed E-state index contributed by atoms with van der Waals surface area (Å²) < 4.78 is 0. The summed E-state index contributed by atoms with van der Waals surface area (Å²) in [7, 11) is 0. The van der Waals surface area contributed by atoms with Crippen LogP contribution in [0.5, 0.6) is 0 Å². The zero-order valence-corrected chi connectivity index (χ0v) is 19.4. The molecule has 2 N–H and O–H groups in total. The normalized spacial score (nSPS) is 17.2. The number of hydrogen-bond donors (Lipinski definition) is 2. The maximum atomic E-state index is 12.3. The molecule has 2 rings (SSSR count). The summed E-state index contributed by atoms with van der Waals surface area (Å²) in [5, 5.41) is 6.65. The molecule has 1 aromatic heterocycles. The van der Waals surface area contributed by atoms with Crippen molar-refractivity contribution in [2.24, 2.45) is 0 Å². The fourth-order valence-corrected chi connectivity index (χ4v) is 3.88. The number of nitrogens with zero attached hydrogens (tertiary/aromatic N) is 4. The van der Waals surface area contributed by atoms with Gasteiger partial charge in [0, 0.05) is 43.8 Å². The van der Waals surface area contributed by atoms with E-state index in [0.717, 1.165) is 6.42 Å². The quantitative estimate of drug-likeness (QED) is 0.400. The molecule has 1 unspecified atom stereocenters. The first-order valence-electron chi connectivity index (χ1n) is 9.87. The van der Waals surface area contributed by atoms with Gasteiger partial charge in [0.2, 0.25) is 5.91 Å². The Balaban J connectivity index is 1.99. The zero-order chi connectivity index (χ0) is 21.6. The number of urea groups is 1. The number of rotatable bonds is 6. The molecule has 0 bridgehead atoms. The molecule has 1 aromatic rings. The Morgan fingerprint density at radius 2 is 2.03 bits per heavy atom. The van der Waals surface area contributed by atoms with Crippen molar-refractivity contribution in [2.75, 3.05) is 36.8 Å². The van der Waals surface area contributed by atoms with E-state index in [-0.39, 0.29) is 29.3 Å². The van der Waals surface area contributed by atoms with E-state index in [1.54, 1.807) is 6.07 Å². The Hall–Kier alpha value is -1.74. The molecule has 2 heterocycles. The fourth-order valence-electron chi connectivity index (χ4n) is 3.00. The van der Waals surface area contributed by atoms with Crippen molar-refractivity contribution in [3.8, 4) is 0 Å². The highest BCUT2D eigenvalue weighted by atomic mass is 35.5. The van der Waals surface area contributed by atoms with Gasteiger partial charge in [-0.1, -0.05) is 30.3 Å². The van der Waals surface area contributed by atoms with E-state index in [1.807, 2.05) is 39.5 Å². The predicted octanol–water partition coefficient (Wildman–Crippen LogP) is 2.77. The van der Waals surface area contributed by atoms with Crippen molar-refractivity contribution >= 4 is 41.1 Å². The molecule has 0 aliphatic carbocycles. The molecule has 162 valence electrons. The molecule has 1 fully saturated rings. The van der Waals surface area contributed by atoms with Crippen LogP contribution in [0.2, 0.25) is 5.15 Å². The van der Waals surface area contributed by atoms with Gasteiger partial charge in [0.25, 0.3) is 0 Å². The standard InChI is InChI=1S/C19H31ClN6O2S/c1-6-7-21-18(28)26-9-8-25(11-13(26)2)15-10-14(20)22-17(23-15)29-12-16(27)24-19(3,4)5/h10,13H,6-9,11-12H2,1-5H3,(H,21,28)(H,24,27). The second kappa shape index (κ2) is 10.3. The summed E-state index contributed by atoms with van der Waals surface area (Å²) in [5.41, 5.74) is -0.281. The van der Waals surface area contributed by atoms with Gasteiger partial charge in [-0.15, -0.1) is 0 Å². The molecule has 29 heavy (non-hydrogen) atoms. The van der Waals surface area contributed by atoms with Crippen LogP contribution < -0.4 is 15.5 Å². The van der Waals surface area contributed by atoms with Gasteiger partial charge in [0.1, 0.15) is 11.0 Å². The molecular weight excluding hydrogens is 412 g/mol. The first-order valence-corrected chi connectivity index (χ1v) is 11.2. The number of aromatic nitrogens is 2. The summed E-state index contributed by atoms with van der Waals surface area (Å²) in [6, 6.07) is 1.74. The summed E-state index contributed by atoms with van der Waals surface area (Å²) in [4.78, 5) is 37.1. The van der Waals surface area contributed by atoms with Crippen molar-refractivity contribution < 1.29 is 9.59 Å². The number of carbonyl (C=O) groups excluding carboxylic acids is 2. The fraction of sp³-hybridized carbons (Fsp3) is 0.684. The van der Waals surface area contributed by atoms with Crippen LogP contribution in [0.25, 0.3) is 0 Å².